The van der Waals surface area contributed by atoms with E-state index in [4.69, 9.17) is 0 Å². The summed E-state index contributed by atoms with van der Waals surface area (Å²) in [6, 6.07) is 4.80. The SMILES string of the molecule is CCNc1ccc(C(=O)NC2CCC(=O)NC2=O)c(C)c1. The molecule has 1 aromatic carbocycles. The maximum absolute atomic E-state index is 12.2. The minimum Gasteiger partial charge on any atom is -0.385 e. The van der Waals surface area contributed by atoms with Gasteiger partial charge in [0, 0.05) is 24.2 Å². The van der Waals surface area contributed by atoms with Crippen LogP contribution in [-0.2, 0) is 9.59 Å². The van der Waals surface area contributed by atoms with Gasteiger partial charge in [-0.05, 0) is 44.0 Å². The number of benzene rings is 1. The molecule has 0 radical (unpaired) electrons. The molecule has 2 rings (SSSR count). The summed E-state index contributed by atoms with van der Waals surface area (Å²) in [4.78, 5) is 34.9. The molecule has 0 bridgehead atoms. The van der Waals surface area contributed by atoms with E-state index in [2.05, 4.69) is 16.0 Å². The average Bonchev–Trinajstić information content (AvgIpc) is 2.42. The molecule has 1 fully saturated rings. The molecule has 1 aromatic rings. The molecular formula is C15H19N3O3. The van der Waals surface area contributed by atoms with Gasteiger partial charge in [0.1, 0.15) is 6.04 Å². The molecule has 0 spiro atoms. The molecule has 3 amide bonds. The number of nitrogens with one attached hydrogen (secondary N) is 3. The molecule has 3 N–H and O–H groups in total. The molecule has 21 heavy (non-hydrogen) atoms. The Morgan fingerprint density at radius 3 is 2.76 bits per heavy atom. The number of aryl methyl sites for hydroxylation is 1. The van der Waals surface area contributed by atoms with E-state index >= 15 is 0 Å². The molecule has 1 heterocycles. The number of carbonyl (C=O) groups excluding carboxylic acids is 3. The van der Waals surface area contributed by atoms with Crippen molar-refractivity contribution in [2.45, 2.75) is 32.7 Å². The third-order valence-corrected chi connectivity index (χ3v) is 3.40. The first-order valence-corrected chi connectivity index (χ1v) is 7.00. The quantitative estimate of drug-likeness (QED) is 0.721. The van der Waals surface area contributed by atoms with Crippen molar-refractivity contribution >= 4 is 23.4 Å². The fraction of sp³-hybridized carbons (Fsp3) is 0.400. The van der Waals surface area contributed by atoms with Gasteiger partial charge in [-0.2, -0.15) is 0 Å². The summed E-state index contributed by atoms with van der Waals surface area (Å²) in [5.74, 6) is -1.04. The Hall–Kier alpha value is -2.37. The Bertz CT molecular complexity index is 584. The average molecular weight is 289 g/mol. The fourth-order valence-corrected chi connectivity index (χ4v) is 2.30. The monoisotopic (exact) mass is 289 g/mol. The zero-order valence-corrected chi connectivity index (χ0v) is 12.2. The zero-order valence-electron chi connectivity index (χ0n) is 12.2. The summed E-state index contributed by atoms with van der Waals surface area (Å²) in [5.41, 5.74) is 2.31. The Labute approximate surface area is 123 Å². The topological polar surface area (TPSA) is 87.3 Å². The summed E-state index contributed by atoms with van der Waals surface area (Å²) in [6.45, 7) is 4.65. The Kier molecular flexibility index (Phi) is 4.57. The Morgan fingerprint density at radius 2 is 2.14 bits per heavy atom. The molecule has 0 saturated carbocycles. The van der Waals surface area contributed by atoms with Crippen molar-refractivity contribution < 1.29 is 14.4 Å². The van der Waals surface area contributed by atoms with Crippen LogP contribution in [0, 0.1) is 6.92 Å². The number of anilines is 1. The van der Waals surface area contributed by atoms with E-state index in [1.165, 1.54) is 0 Å². The van der Waals surface area contributed by atoms with Crippen molar-refractivity contribution in [3.8, 4) is 0 Å². The molecule has 6 heteroatoms. The lowest BCUT2D eigenvalue weighted by Gasteiger charge is -2.22. The van der Waals surface area contributed by atoms with Crippen LogP contribution in [0.2, 0.25) is 0 Å². The van der Waals surface area contributed by atoms with Gasteiger partial charge in [0.15, 0.2) is 0 Å². The largest absolute Gasteiger partial charge is 0.385 e. The van der Waals surface area contributed by atoms with Gasteiger partial charge in [0.2, 0.25) is 11.8 Å². The van der Waals surface area contributed by atoms with E-state index in [0.29, 0.717) is 12.0 Å². The molecule has 112 valence electrons. The highest BCUT2D eigenvalue weighted by Gasteiger charge is 2.28. The van der Waals surface area contributed by atoms with Crippen molar-refractivity contribution in [1.82, 2.24) is 10.6 Å². The lowest BCUT2D eigenvalue weighted by atomic mass is 10.0. The van der Waals surface area contributed by atoms with E-state index in [0.717, 1.165) is 17.8 Å². The normalized spacial score (nSPS) is 18.1. The van der Waals surface area contributed by atoms with Gasteiger partial charge < -0.3 is 10.6 Å². The van der Waals surface area contributed by atoms with Crippen LogP contribution in [0.3, 0.4) is 0 Å². The number of amides is 3. The predicted octanol–water partition coefficient (Wildman–Crippen LogP) is 0.962. The van der Waals surface area contributed by atoms with Gasteiger partial charge in [-0.25, -0.2) is 0 Å². The second-order valence-electron chi connectivity index (χ2n) is 5.04. The Balaban J connectivity index is 2.06. The van der Waals surface area contributed by atoms with Crippen molar-refractivity contribution in [2.24, 2.45) is 0 Å². The highest BCUT2D eigenvalue weighted by atomic mass is 16.2. The van der Waals surface area contributed by atoms with Crippen LogP contribution in [0.4, 0.5) is 5.69 Å². The van der Waals surface area contributed by atoms with E-state index in [1.54, 1.807) is 6.07 Å². The number of carbonyl (C=O) groups is 3. The number of hydrogen-bond donors (Lipinski definition) is 3. The van der Waals surface area contributed by atoms with Gasteiger partial charge in [0.25, 0.3) is 5.91 Å². The summed E-state index contributed by atoms with van der Waals surface area (Å²) < 4.78 is 0. The van der Waals surface area contributed by atoms with Crippen LogP contribution in [0.5, 0.6) is 0 Å². The third-order valence-electron chi connectivity index (χ3n) is 3.40. The van der Waals surface area contributed by atoms with E-state index < -0.39 is 11.9 Å². The molecule has 1 aliphatic heterocycles. The van der Waals surface area contributed by atoms with E-state index in [9.17, 15) is 14.4 Å². The van der Waals surface area contributed by atoms with E-state index in [1.807, 2.05) is 26.0 Å². The van der Waals surface area contributed by atoms with Crippen LogP contribution in [0.1, 0.15) is 35.7 Å². The molecule has 1 saturated heterocycles. The van der Waals surface area contributed by atoms with Crippen molar-refractivity contribution in [3.05, 3.63) is 29.3 Å². The molecule has 6 nitrogen and oxygen atoms in total. The predicted molar refractivity (Wildman–Crippen MR) is 79.0 cm³/mol. The minimum absolute atomic E-state index is 0.245. The molecule has 1 unspecified atom stereocenters. The fourth-order valence-electron chi connectivity index (χ4n) is 2.30. The second-order valence-corrected chi connectivity index (χ2v) is 5.04. The van der Waals surface area contributed by atoms with Crippen LogP contribution in [0.15, 0.2) is 18.2 Å². The van der Waals surface area contributed by atoms with Gasteiger partial charge in [0.05, 0.1) is 0 Å². The maximum atomic E-state index is 12.2. The molecule has 0 aliphatic carbocycles. The second kappa shape index (κ2) is 6.39. The smallest absolute Gasteiger partial charge is 0.252 e. The van der Waals surface area contributed by atoms with Gasteiger partial charge in [-0.3, -0.25) is 19.7 Å². The highest BCUT2D eigenvalue weighted by molar-refractivity contribution is 6.04. The van der Waals surface area contributed by atoms with Crippen LogP contribution in [-0.4, -0.2) is 30.3 Å². The first-order valence-electron chi connectivity index (χ1n) is 7.00. The summed E-state index contributed by atoms with van der Waals surface area (Å²) in [6.07, 6.45) is 0.583. The number of piperidine rings is 1. The molecule has 1 atom stereocenters. The lowest BCUT2D eigenvalue weighted by molar-refractivity contribution is -0.134. The number of rotatable bonds is 4. The van der Waals surface area contributed by atoms with Gasteiger partial charge >= 0.3 is 0 Å². The van der Waals surface area contributed by atoms with E-state index in [-0.39, 0.29) is 18.2 Å². The molecule has 1 aliphatic rings. The van der Waals surface area contributed by atoms with Gasteiger partial charge in [-0.15, -0.1) is 0 Å². The van der Waals surface area contributed by atoms with Gasteiger partial charge in [-0.1, -0.05) is 0 Å². The van der Waals surface area contributed by atoms with Crippen LogP contribution in [0.25, 0.3) is 0 Å². The Morgan fingerprint density at radius 1 is 1.38 bits per heavy atom. The minimum atomic E-state index is -0.650. The first kappa shape index (κ1) is 15.0. The summed E-state index contributed by atoms with van der Waals surface area (Å²) >= 11 is 0. The van der Waals surface area contributed by atoms with Crippen molar-refractivity contribution in [3.63, 3.8) is 0 Å². The maximum Gasteiger partial charge on any atom is 0.252 e. The number of hydrogen-bond acceptors (Lipinski definition) is 4. The number of imide groups is 1. The van der Waals surface area contributed by atoms with Crippen LogP contribution < -0.4 is 16.0 Å². The first-order chi connectivity index (χ1) is 10.0. The van der Waals surface area contributed by atoms with Crippen molar-refractivity contribution in [1.29, 1.82) is 0 Å². The summed E-state index contributed by atoms with van der Waals surface area (Å²) in [7, 11) is 0. The van der Waals surface area contributed by atoms with Crippen molar-refractivity contribution in [2.75, 3.05) is 11.9 Å². The summed E-state index contributed by atoms with van der Waals surface area (Å²) in [5, 5.41) is 8.07. The molecular weight excluding hydrogens is 270 g/mol. The molecule has 0 aromatic heterocycles. The standard InChI is InChI=1S/C15H19N3O3/c1-3-16-10-4-5-11(9(2)8-10)14(20)17-12-6-7-13(19)18-15(12)21/h4-5,8,12,16H,3,6-7H2,1-2H3,(H,17,20)(H,18,19,21). The highest BCUT2D eigenvalue weighted by Crippen LogP contribution is 2.16. The van der Waals surface area contributed by atoms with Crippen LogP contribution >= 0.6 is 0 Å². The lowest BCUT2D eigenvalue weighted by Crippen LogP contribution is -2.52. The third kappa shape index (κ3) is 3.59. The zero-order chi connectivity index (χ0) is 15.4.